The van der Waals surface area contributed by atoms with Crippen LogP contribution in [-0.4, -0.2) is 14.6 Å². The highest BCUT2D eigenvalue weighted by Crippen LogP contribution is 2.20. The summed E-state index contributed by atoms with van der Waals surface area (Å²) in [6.07, 6.45) is 1.62. The molecule has 0 aliphatic carbocycles. The first-order valence-electron chi connectivity index (χ1n) is 4.41. The van der Waals surface area contributed by atoms with E-state index < -0.39 is 0 Å². The summed E-state index contributed by atoms with van der Waals surface area (Å²) < 4.78 is 2.30. The fourth-order valence-electron chi connectivity index (χ4n) is 1.68. The Hall–Kier alpha value is -1.62. The van der Waals surface area contributed by atoms with Crippen molar-refractivity contribution in [2.45, 2.75) is 0 Å². The molecule has 0 amide bonds. The minimum Gasteiger partial charge on any atom is -0.305 e. The molecule has 3 rings (SSSR count). The molecule has 2 heterocycles. The smallest absolute Gasteiger partial charge is 0.305 e. The Bertz CT molecular complexity index is 713. The third-order valence-corrected chi connectivity index (χ3v) is 2.83. The van der Waals surface area contributed by atoms with Gasteiger partial charge in [0.25, 0.3) is 0 Å². The molecule has 0 atom stereocenters. The van der Waals surface area contributed by atoms with Crippen molar-refractivity contribution in [3.63, 3.8) is 0 Å². The van der Waals surface area contributed by atoms with Gasteiger partial charge in [-0.25, -0.2) is 4.79 Å². The maximum atomic E-state index is 11.6. The van der Waals surface area contributed by atoms with Crippen LogP contribution < -0.4 is 5.69 Å². The molecule has 74 valence electrons. The van der Waals surface area contributed by atoms with E-state index in [1.165, 1.54) is 4.52 Å². The van der Waals surface area contributed by atoms with Crippen LogP contribution in [0.3, 0.4) is 0 Å². The summed E-state index contributed by atoms with van der Waals surface area (Å²) in [5.41, 5.74) is 1.41. The monoisotopic (exact) mass is 263 g/mol. The number of H-pyrrole nitrogens is 1. The van der Waals surface area contributed by atoms with E-state index >= 15 is 0 Å². The highest BCUT2D eigenvalue weighted by Gasteiger charge is 2.04. The number of nitrogens with one attached hydrogen (secondary N) is 1. The van der Waals surface area contributed by atoms with Gasteiger partial charge in [0.2, 0.25) is 0 Å². The number of hydrogen-bond acceptors (Lipinski definition) is 2. The largest absolute Gasteiger partial charge is 0.347 e. The number of nitrogens with zero attached hydrogens (tertiary/aromatic N) is 2. The molecule has 0 saturated carbocycles. The Kier molecular flexibility index (Phi) is 1.70. The number of halogens is 1. The molecular weight excluding hydrogens is 258 g/mol. The molecule has 4 nitrogen and oxygen atoms in total. The van der Waals surface area contributed by atoms with Crippen molar-refractivity contribution in [3.8, 4) is 0 Å². The highest BCUT2D eigenvalue weighted by atomic mass is 79.9. The van der Waals surface area contributed by atoms with E-state index in [4.69, 9.17) is 0 Å². The molecule has 0 aliphatic heterocycles. The SMILES string of the molecule is O=c1[nH]c2cc(Br)ccc2c2ccnn12. The van der Waals surface area contributed by atoms with E-state index in [9.17, 15) is 4.79 Å². The van der Waals surface area contributed by atoms with E-state index in [0.717, 1.165) is 20.9 Å². The Morgan fingerprint density at radius 1 is 1.33 bits per heavy atom. The zero-order valence-electron chi connectivity index (χ0n) is 7.57. The number of aromatic amines is 1. The molecule has 0 spiro atoms. The maximum absolute atomic E-state index is 11.6. The summed E-state index contributed by atoms with van der Waals surface area (Å²) in [6.45, 7) is 0. The highest BCUT2D eigenvalue weighted by molar-refractivity contribution is 9.10. The van der Waals surface area contributed by atoms with Gasteiger partial charge < -0.3 is 4.98 Å². The minimum absolute atomic E-state index is 0.222. The molecule has 0 saturated heterocycles. The van der Waals surface area contributed by atoms with Crippen molar-refractivity contribution < 1.29 is 0 Å². The van der Waals surface area contributed by atoms with E-state index in [1.807, 2.05) is 24.3 Å². The van der Waals surface area contributed by atoms with Crippen molar-refractivity contribution in [1.82, 2.24) is 14.6 Å². The van der Waals surface area contributed by atoms with Gasteiger partial charge in [-0.15, -0.1) is 0 Å². The van der Waals surface area contributed by atoms with Crippen LogP contribution in [-0.2, 0) is 0 Å². The normalized spacial score (nSPS) is 11.3. The van der Waals surface area contributed by atoms with Gasteiger partial charge >= 0.3 is 5.69 Å². The van der Waals surface area contributed by atoms with Crippen LogP contribution in [0, 0.1) is 0 Å². The zero-order chi connectivity index (χ0) is 10.4. The summed E-state index contributed by atoms with van der Waals surface area (Å²) in [7, 11) is 0. The molecule has 15 heavy (non-hydrogen) atoms. The quantitative estimate of drug-likeness (QED) is 0.674. The van der Waals surface area contributed by atoms with Crippen molar-refractivity contribution in [1.29, 1.82) is 0 Å². The van der Waals surface area contributed by atoms with Gasteiger partial charge in [-0.1, -0.05) is 15.9 Å². The number of hydrogen-bond donors (Lipinski definition) is 1. The minimum atomic E-state index is -0.222. The van der Waals surface area contributed by atoms with Gasteiger partial charge in [0.05, 0.1) is 17.2 Å². The lowest BCUT2D eigenvalue weighted by Crippen LogP contribution is -2.16. The van der Waals surface area contributed by atoms with Crippen molar-refractivity contribution in [2.24, 2.45) is 0 Å². The predicted molar refractivity (Wildman–Crippen MR) is 61.0 cm³/mol. The summed E-state index contributed by atoms with van der Waals surface area (Å²) in [5, 5.41) is 4.93. The maximum Gasteiger partial charge on any atom is 0.347 e. The lowest BCUT2D eigenvalue weighted by Gasteiger charge is -2.00. The van der Waals surface area contributed by atoms with Crippen LogP contribution in [0.1, 0.15) is 0 Å². The third-order valence-electron chi connectivity index (χ3n) is 2.33. The fourth-order valence-corrected chi connectivity index (χ4v) is 2.04. The molecule has 1 aromatic carbocycles. The molecule has 0 unspecified atom stereocenters. The van der Waals surface area contributed by atoms with Crippen LogP contribution in [0.4, 0.5) is 0 Å². The van der Waals surface area contributed by atoms with E-state index in [0.29, 0.717) is 0 Å². The van der Waals surface area contributed by atoms with Crippen molar-refractivity contribution in [2.75, 3.05) is 0 Å². The van der Waals surface area contributed by atoms with E-state index in [1.54, 1.807) is 6.20 Å². The Morgan fingerprint density at radius 2 is 2.20 bits per heavy atom. The zero-order valence-corrected chi connectivity index (χ0v) is 9.15. The summed E-state index contributed by atoms with van der Waals surface area (Å²) in [6, 6.07) is 7.59. The summed E-state index contributed by atoms with van der Waals surface area (Å²) >= 11 is 3.37. The van der Waals surface area contributed by atoms with Crippen LogP contribution in [0.25, 0.3) is 16.4 Å². The molecule has 0 fully saturated rings. The second-order valence-corrected chi connectivity index (χ2v) is 4.16. The predicted octanol–water partition coefficient (Wildman–Crippen LogP) is 1.94. The van der Waals surface area contributed by atoms with Crippen LogP contribution >= 0.6 is 15.9 Å². The third kappa shape index (κ3) is 1.20. The molecule has 1 N–H and O–H groups in total. The number of aromatic nitrogens is 3. The van der Waals surface area contributed by atoms with E-state index in [-0.39, 0.29) is 5.69 Å². The lowest BCUT2D eigenvalue weighted by molar-refractivity contribution is 0.881. The van der Waals surface area contributed by atoms with Gasteiger partial charge in [-0.3, -0.25) is 0 Å². The number of benzene rings is 1. The standard InChI is InChI=1S/C10H6BrN3O/c11-6-1-2-7-8(5-6)13-10(15)14-9(7)3-4-12-14/h1-5H,(H,13,15). The fraction of sp³-hybridized carbons (Fsp3) is 0. The van der Waals surface area contributed by atoms with Gasteiger partial charge in [0.1, 0.15) is 0 Å². The molecular formula is C10H6BrN3O. The summed E-state index contributed by atoms with van der Waals surface area (Å²) in [4.78, 5) is 14.4. The van der Waals surface area contributed by atoms with Gasteiger partial charge in [0.15, 0.2) is 0 Å². The lowest BCUT2D eigenvalue weighted by atomic mass is 10.2. The average molecular weight is 264 g/mol. The van der Waals surface area contributed by atoms with Crippen LogP contribution in [0.15, 0.2) is 39.7 Å². The van der Waals surface area contributed by atoms with Gasteiger partial charge in [0, 0.05) is 9.86 Å². The topological polar surface area (TPSA) is 50.2 Å². The summed E-state index contributed by atoms with van der Waals surface area (Å²) in [5.74, 6) is 0. The second-order valence-electron chi connectivity index (χ2n) is 3.25. The average Bonchev–Trinajstić information content (AvgIpc) is 2.66. The number of fused-ring (bicyclic) bond motifs is 3. The molecule has 0 radical (unpaired) electrons. The molecule has 0 bridgehead atoms. The van der Waals surface area contributed by atoms with Crippen molar-refractivity contribution >= 4 is 32.3 Å². The van der Waals surface area contributed by atoms with Crippen molar-refractivity contribution in [3.05, 3.63) is 45.4 Å². The first-order valence-corrected chi connectivity index (χ1v) is 5.20. The van der Waals surface area contributed by atoms with Gasteiger partial charge in [-0.2, -0.15) is 9.61 Å². The molecule has 2 aromatic heterocycles. The van der Waals surface area contributed by atoms with Gasteiger partial charge in [-0.05, 0) is 24.3 Å². The molecule has 0 aliphatic rings. The van der Waals surface area contributed by atoms with Crippen LogP contribution in [0.5, 0.6) is 0 Å². The second kappa shape index (κ2) is 2.93. The van der Waals surface area contributed by atoms with E-state index in [2.05, 4.69) is 26.0 Å². The Morgan fingerprint density at radius 3 is 3.07 bits per heavy atom. The number of rotatable bonds is 0. The first-order chi connectivity index (χ1) is 7.25. The molecule has 5 heteroatoms. The molecule has 3 aromatic rings. The first kappa shape index (κ1) is 8.67. The van der Waals surface area contributed by atoms with Crippen LogP contribution in [0.2, 0.25) is 0 Å². The Labute approximate surface area is 92.7 Å². The Balaban J connectivity index is 2.66.